The number of aldehydes is 1. The molecule has 120 valence electrons. The van der Waals surface area contributed by atoms with Gasteiger partial charge in [0.25, 0.3) is 0 Å². The van der Waals surface area contributed by atoms with Gasteiger partial charge in [-0.2, -0.15) is 0 Å². The number of hydrogen-bond donors (Lipinski definition) is 0. The van der Waals surface area contributed by atoms with E-state index in [1.54, 1.807) is 6.08 Å². The van der Waals surface area contributed by atoms with E-state index in [-0.39, 0.29) is 5.78 Å². The lowest BCUT2D eigenvalue weighted by molar-refractivity contribution is -0.111. The second kappa shape index (κ2) is 6.21. The van der Waals surface area contributed by atoms with Crippen LogP contribution in [0.3, 0.4) is 0 Å². The van der Waals surface area contributed by atoms with E-state index in [9.17, 15) is 9.59 Å². The van der Waals surface area contributed by atoms with Gasteiger partial charge in [-0.1, -0.05) is 60.7 Å². The van der Waals surface area contributed by atoms with Gasteiger partial charge in [-0.05, 0) is 34.9 Å². The van der Waals surface area contributed by atoms with Crippen LogP contribution in [0.5, 0.6) is 0 Å². The van der Waals surface area contributed by atoms with Crippen LogP contribution in [0.2, 0.25) is 0 Å². The third-order valence-electron chi connectivity index (χ3n) is 4.29. The van der Waals surface area contributed by atoms with E-state index >= 15 is 0 Å². The van der Waals surface area contributed by atoms with Crippen molar-refractivity contribution in [2.45, 2.75) is 0 Å². The quantitative estimate of drug-likeness (QED) is 0.633. The molecule has 2 aliphatic heterocycles. The third kappa shape index (κ3) is 2.56. The number of rotatable bonds is 3. The van der Waals surface area contributed by atoms with Crippen molar-refractivity contribution in [2.24, 2.45) is 0 Å². The summed E-state index contributed by atoms with van der Waals surface area (Å²) < 4.78 is 0. The van der Waals surface area contributed by atoms with Gasteiger partial charge < -0.3 is 4.90 Å². The molecule has 0 aliphatic carbocycles. The topological polar surface area (TPSA) is 37.4 Å². The number of carbonyl (C=O) groups is 2. The molecule has 3 heteroatoms. The second-order valence-corrected chi connectivity index (χ2v) is 5.80. The minimum Gasteiger partial charge on any atom is -0.312 e. The Morgan fingerprint density at radius 2 is 1.48 bits per heavy atom. The van der Waals surface area contributed by atoms with E-state index in [1.165, 1.54) is 6.08 Å². The van der Waals surface area contributed by atoms with Crippen molar-refractivity contribution in [1.82, 2.24) is 4.90 Å². The maximum atomic E-state index is 13.2. The van der Waals surface area contributed by atoms with Gasteiger partial charge in [0.05, 0.1) is 17.0 Å². The lowest BCUT2D eigenvalue weighted by Crippen LogP contribution is -2.15. The molecule has 0 bridgehead atoms. The summed E-state index contributed by atoms with van der Waals surface area (Å²) in [7, 11) is 0. The fourth-order valence-corrected chi connectivity index (χ4v) is 3.18. The first kappa shape index (κ1) is 15.1. The number of nitrogens with zero attached hydrogens (tertiary/aromatic N) is 1. The second-order valence-electron chi connectivity index (χ2n) is 5.80. The highest BCUT2D eigenvalue weighted by Gasteiger charge is 2.36. The number of hydrogen-bond acceptors (Lipinski definition) is 3. The Bertz CT molecular complexity index is 964. The monoisotopic (exact) mass is 325 g/mol. The Morgan fingerprint density at radius 3 is 2.12 bits per heavy atom. The summed E-state index contributed by atoms with van der Waals surface area (Å²) in [5.41, 5.74) is 4.69. The molecular formula is C22H15NO2. The third-order valence-corrected chi connectivity index (χ3v) is 4.29. The van der Waals surface area contributed by atoms with Gasteiger partial charge in [-0.25, -0.2) is 0 Å². The van der Waals surface area contributed by atoms with E-state index in [0.29, 0.717) is 11.3 Å². The highest BCUT2D eigenvalue weighted by molar-refractivity contribution is 6.38. The van der Waals surface area contributed by atoms with Gasteiger partial charge in [0.1, 0.15) is 6.29 Å². The Morgan fingerprint density at radius 1 is 0.840 bits per heavy atom. The smallest absolute Gasteiger partial charge is 0.212 e. The molecule has 3 nitrogen and oxygen atoms in total. The average molecular weight is 325 g/mol. The summed E-state index contributed by atoms with van der Waals surface area (Å²) >= 11 is 0. The van der Waals surface area contributed by atoms with E-state index < -0.39 is 0 Å². The molecule has 0 spiro atoms. The summed E-state index contributed by atoms with van der Waals surface area (Å²) in [5, 5.41) is 0. The minimum atomic E-state index is -0.0359. The predicted octanol–water partition coefficient (Wildman–Crippen LogP) is 3.98. The lowest BCUT2D eigenvalue weighted by Gasteiger charge is -2.22. The molecule has 2 heterocycles. The molecule has 0 radical (unpaired) electrons. The number of benzene rings is 2. The summed E-state index contributed by atoms with van der Waals surface area (Å²) in [5.74, 6) is -0.0359. The first-order valence-corrected chi connectivity index (χ1v) is 8.04. The highest BCUT2D eigenvalue weighted by Crippen LogP contribution is 2.42. The summed E-state index contributed by atoms with van der Waals surface area (Å²) in [6.07, 6.45) is 7.63. The summed E-state index contributed by atoms with van der Waals surface area (Å²) in [6.45, 7) is 0. The molecule has 2 aliphatic rings. The Hall–Kier alpha value is -3.46. The van der Waals surface area contributed by atoms with Gasteiger partial charge in [0, 0.05) is 6.20 Å². The first-order valence-electron chi connectivity index (χ1n) is 8.04. The van der Waals surface area contributed by atoms with Crippen molar-refractivity contribution < 1.29 is 9.59 Å². The van der Waals surface area contributed by atoms with Gasteiger partial charge in [-0.3, -0.25) is 9.59 Å². The van der Waals surface area contributed by atoms with Gasteiger partial charge in [0.15, 0.2) is 0 Å². The van der Waals surface area contributed by atoms with Crippen LogP contribution < -0.4 is 0 Å². The SMILES string of the molecule is O=CC=C1C=CN2C(=C1)C(=O)C(c1ccccc1)=C2c1ccccc1. The number of allylic oxidation sites excluding steroid dienone is 5. The van der Waals surface area contributed by atoms with E-state index in [0.717, 1.165) is 28.7 Å². The van der Waals surface area contributed by atoms with Crippen molar-refractivity contribution in [2.75, 3.05) is 0 Å². The highest BCUT2D eigenvalue weighted by atomic mass is 16.1. The molecule has 25 heavy (non-hydrogen) atoms. The largest absolute Gasteiger partial charge is 0.312 e. The Labute approximate surface area is 145 Å². The van der Waals surface area contributed by atoms with Crippen LogP contribution in [0.25, 0.3) is 11.3 Å². The molecule has 4 rings (SSSR count). The number of Topliss-reactive ketones (excluding diaryl/α,β-unsaturated/α-hetero) is 1. The molecule has 0 aromatic heterocycles. The molecule has 2 aromatic carbocycles. The van der Waals surface area contributed by atoms with Crippen molar-refractivity contribution in [3.63, 3.8) is 0 Å². The number of carbonyl (C=O) groups excluding carboxylic acids is 2. The van der Waals surface area contributed by atoms with Gasteiger partial charge in [-0.15, -0.1) is 0 Å². The summed E-state index contributed by atoms with van der Waals surface area (Å²) in [4.78, 5) is 25.8. The normalized spacial score (nSPS) is 17.8. The molecular weight excluding hydrogens is 310 g/mol. The van der Waals surface area contributed by atoms with E-state index in [1.807, 2.05) is 77.8 Å². The van der Waals surface area contributed by atoms with Crippen LogP contribution in [0.1, 0.15) is 11.1 Å². The fraction of sp³-hybridized carbons (Fsp3) is 0. The maximum absolute atomic E-state index is 13.2. The molecule has 0 saturated carbocycles. The zero-order chi connectivity index (χ0) is 17.2. The molecule has 0 unspecified atom stereocenters. The van der Waals surface area contributed by atoms with Gasteiger partial charge >= 0.3 is 0 Å². The van der Waals surface area contributed by atoms with Crippen molar-refractivity contribution in [3.8, 4) is 0 Å². The molecule has 0 saturated heterocycles. The van der Waals surface area contributed by atoms with Crippen LogP contribution in [-0.2, 0) is 9.59 Å². The van der Waals surface area contributed by atoms with Gasteiger partial charge in [0.2, 0.25) is 5.78 Å². The van der Waals surface area contributed by atoms with Crippen LogP contribution in [0, 0.1) is 0 Å². The van der Waals surface area contributed by atoms with Crippen molar-refractivity contribution in [3.05, 3.63) is 107 Å². The van der Waals surface area contributed by atoms with E-state index in [4.69, 9.17) is 0 Å². The standard InChI is InChI=1S/C22H15NO2/c24-14-12-16-11-13-23-19(15-16)22(25)20(17-7-3-1-4-8-17)21(23)18-9-5-2-6-10-18/h1-15H. The van der Waals surface area contributed by atoms with Crippen LogP contribution in [-0.4, -0.2) is 17.0 Å². The lowest BCUT2D eigenvalue weighted by atomic mass is 9.98. The van der Waals surface area contributed by atoms with Crippen LogP contribution in [0.4, 0.5) is 0 Å². The molecule has 0 fully saturated rings. The summed E-state index contributed by atoms with van der Waals surface area (Å²) in [6, 6.07) is 19.6. The molecule has 0 atom stereocenters. The molecule has 0 N–H and O–H groups in total. The number of ketones is 1. The fourth-order valence-electron chi connectivity index (χ4n) is 3.18. The van der Waals surface area contributed by atoms with Crippen molar-refractivity contribution in [1.29, 1.82) is 0 Å². The maximum Gasteiger partial charge on any atom is 0.212 e. The molecule has 2 aromatic rings. The zero-order valence-corrected chi connectivity index (χ0v) is 13.4. The van der Waals surface area contributed by atoms with Crippen molar-refractivity contribution >= 4 is 23.3 Å². The Kier molecular flexibility index (Phi) is 3.75. The average Bonchev–Trinajstić information content (AvgIpc) is 2.96. The van der Waals surface area contributed by atoms with Crippen LogP contribution in [0.15, 0.2) is 96.4 Å². The number of fused-ring (bicyclic) bond motifs is 1. The van der Waals surface area contributed by atoms with Crippen LogP contribution >= 0.6 is 0 Å². The Balaban J connectivity index is 1.94. The minimum absolute atomic E-state index is 0.0359. The predicted molar refractivity (Wildman–Crippen MR) is 97.9 cm³/mol. The first-order chi connectivity index (χ1) is 12.3. The molecule has 0 amide bonds. The van der Waals surface area contributed by atoms with E-state index in [2.05, 4.69) is 0 Å². The zero-order valence-electron chi connectivity index (χ0n) is 13.4.